The highest BCUT2D eigenvalue weighted by Crippen LogP contribution is 2.32. The monoisotopic (exact) mass is 626 g/mol. The molecule has 4 atom stereocenters. The summed E-state index contributed by atoms with van der Waals surface area (Å²) in [5, 5.41) is 0. The van der Waals surface area contributed by atoms with Crippen LogP contribution in [0.4, 0.5) is 0 Å². The molecule has 0 N–H and O–H groups in total. The minimum atomic E-state index is -4.59. The fourth-order valence-electron chi connectivity index (χ4n) is 3.98. The van der Waals surface area contributed by atoms with Crippen molar-refractivity contribution in [2.24, 2.45) is 0 Å². The first-order chi connectivity index (χ1) is 19.2. The molecule has 0 unspecified atom stereocenters. The Morgan fingerprint density at radius 3 is 1.27 bits per heavy atom. The molecule has 1 saturated heterocycles. The van der Waals surface area contributed by atoms with Crippen molar-refractivity contribution >= 4 is 30.4 Å². The van der Waals surface area contributed by atoms with E-state index in [1.54, 1.807) is 57.2 Å². The quantitative estimate of drug-likeness (QED) is 0.305. The van der Waals surface area contributed by atoms with Gasteiger partial charge in [-0.3, -0.25) is 12.5 Å². The number of aryl methyl sites for hydroxylation is 3. The van der Waals surface area contributed by atoms with Crippen molar-refractivity contribution in [3.63, 3.8) is 0 Å². The van der Waals surface area contributed by atoms with Crippen molar-refractivity contribution in [1.82, 2.24) is 0 Å². The molecule has 1 aliphatic heterocycles. The van der Waals surface area contributed by atoms with Gasteiger partial charge in [-0.2, -0.15) is 25.3 Å². The number of hydrogen-bond acceptors (Lipinski definition) is 11. The predicted octanol–water partition coefficient (Wildman–Crippen LogP) is 3.24. The zero-order valence-electron chi connectivity index (χ0n) is 22.7. The predicted molar refractivity (Wildman–Crippen MR) is 146 cm³/mol. The minimum Gasteiger partial charge on any atom is -0.353 e. The second-order valence-electron chi connectivity index (χ2n) is 9.50. The Balaban J connectivity index is 1.75. The van der Waals surface area contributed by atoms with Gasteiger partial charge in [-0.05, 0) is 57.2 Å². The lowest BCUT2D eigenvalue weighted by atomic mass is 10.1. The van der Waals surface area contributed by atoms with Crippen LogP contribution in [0.25, 0.3) is 0 Å². The zero-order valence-corrected chi connectivity index (χ0v) is 25.1. The van der Waals surface area contributed by atoms with Crippen molar-refractivity contribution in [3.8, 4) is 0 Å². The molecule has 3 aromatic rings. The second kappa shape index (κ2) is 12.3. The molecule has 41 heavy (non-hydrogen) atoms. The van der Waals surface area contributed by atoms with Crippen LogP contribution in [0.3, 0.4) is 0 Å². The Labute approximate surface area is 240 Å². The van der Waals surface area contributed by atoms with E-state index in [-0.39, 0.29) is 14.7 Å². The molecule has 222 valence electrons. The number of benzene rings is 3. The summed E-state index contributed by atoms with van der Waals surface area (Å²) >= 11 is 0. The molecule has 0 aromatic heterocycles. The summed E-state index contributed by atoms with van der Waals surface area (Å²) in [7, 11) is -12.4. The average molecular weight is 627 g/mol. The molecule has 11 nitrogen and oxygen atoms in total. The van der Waals surface area contributed by atoms with Crippen molar-refractivity contribution in [1.29, 1.82) is 0 Å². The van der Waals surface area contributed by atoms with Crippen LogP contribution < -0.4 is 0 Å². The first kappa shape index (κ1) is 31.3. The summed E-state index contributed by atoms with van der Waals surface area (Å²) in [5.41, 5.74) is 2.37. The van der Waals surface area contributed by atoms with Gasteiger partial charge in [-0.25, -0.2) is 0 Å². The third kappa shape index (κ3) is 7.40. The highest BCUT2D eigenvalue weighted by Gasteiger charge is 2.50. The van der Waals surface area contributed by atoms with E-state index in [2.05, 4.69) is 0 Å². The largest absolute Gasteiger partial charge is 0.353 e. The number of ether oxygens (including phenoxy) is 2. The van der Waals surface area contributed by atoms with Gasteiger partial charge in [0.25, 0.3) is 30.4 Å². The highest BCUT2D eigenvalue weighted by molar-refractivity contribution is 7.87. The fourth-order valence-corrected chi connectivity index (χ4v) is 7.23. The van der Waals surface area contributed by atoms with Crippen LogP contribution in [-0.2, 0) is 52.4 Å². The smallest absolute Gasteiger partial charge is 0.297 e. The first-order valence-electron chi connectivity index (χ1n) is 12.4. The number of rotatable bonds is 10. The minimum absolute atomic E-state index is 0.207. The topological polar surface area (TPSA) is 149 Å². The molecule has 1 fully saturated rings. The maximum Gasteiger partial charge on any atom is 0.297 e. The van der Waals surface area contributed by atoms with Crippen molar-refractivity contribution < 1.29 is 47.3 Å². The van der Waals surface area contributed by atoms with Gasteiger partial charge >= 0.3 is 0 Å². The van der Waals surface area contributed by atoms with Crippen LogP contribution in [0.2, 0.25) is 0 Å². The summed E-state index contributed by atoms with van der Waals surface area (Å²) in [4.78, 5) is -0.681. The van der Waals surface area contributed by atoms with E-state index in [0.29, 0.717) is 0 Å². The molecular formula is C27H30O11S3. The van der Waals surface area contributed by atoms with Gasteiger partial charge in [0.05, 0.1) is 21.3 Å². The first-order valence-corrected chi connectivity index (χ1v) is 16.6. The molecule has 0 amide bonds. The number of methoxy groups -OCH3 is 1. The maximum absolute atomic E-state index is 13.3. The molecule has 0 aliphatic carbocycles. The molecular weight excluding hydrogens is 596 g/mol. The van der Waals surface area contributed by atoms with Gasteiger partial charge in [0, 0.05) is 7.11 Å². The molecule has 1 heterocycles. The van der Waals surface area contributed by atoms with E-state index in [1.807, 2.05) is 0 Å². The molecule has 3 aromatic carbocycles. The Morgan fingerprint density at radius 1 is 0.561 bits per heavy atom. The van der Waals surface area contributed by atoms with Crippen LogP contribution in [-0.4, -0.2) is 63.6 Å². The third-order valence-corrected chi connectivity index (χ3v) is 10.3. The van der Waals surface area contributed by atoms with Gasteiger partial charge in [0.1, 0.15) is 12.2 Å². The van der Waals surface area contributed by atoms with Crippen molar-refractivity contribution in [2.45, 2.75) is 60.1 Å². The van der Waals surface area contributed by atoms with Crippen LogP contribution in [0.5, 0.6) is 0 Å². The normalized spacial score (nSPS) is 22.0. The summed E-state index contributed by atoms with van der Waals surface area (Å²) in [6.45, 7) is 4.78. The average Bonchev–Trinajstić information content (AvgIpc) is 2.91. The summed E-state index contributed by atoms with van der Waals surface area (Å²) < 4.78 is 107. The van der Waals surface area contributed by atoms with Crippen molar-refractivity contribution in [3.05, 3.63) is 89.5 Å². The highest BCUT2D eigenvalue weighted by atomic mass is 32.2. The molecule has 14 heteroatoms. The Bertz CT molecular complexity index is 1670. The molecule has 1 aliphatic rings. The molecule has 0 radical (unpaired) electrons. The third-order valence-electron chi connectivity index (χ3n) is 6.27. The lowest BCUT2D eigenvalue weighted by molar-refractivity contribution is -0.243. The van der Waals surface area contributed by atoms with Crippen LogP contribution in [0.1, 0.15) is 16.7 Å². The Morgan fingerprint density at radius 2 is 0.902 bits per heavy atom. The van der Waals surface area contributed by atoms with Crippen LogP contribution >= 0.6 is 0 Å². The van der Waals surface area contributed by atoms with E-state index < -0.39 is 61.6 Å². The summed E-state index contributed by atoms with van der Waals surface area (Å²) in [6.07, 6.45) is -6.74. The van der Waals surface area contributed by atoms with Crippen molar-refractivity contribution in [2.75, 3.05) is 13.7 Å². The Kier molecular flexibility index (Phi) is 9.35. The van der Waals surface area contributed by atoms with Gasteiger partial charge in [-0.15, -0.1) is 0 Å². The van der Waals surface area contributed by atoms with Gasteiger partial charge in [0.2, 0.25) is 0 Å². The SMILES string of the molecule is CO[C@H]1OC[C@@H](OS(=O)(=O)c2ccc(C)cc2)[C@@H](OS(=O)(=O)c2ccc(C)cc2)[C@H]1OS(=O)(=O)c1ccc(C)cc1. The molecule has 0 saturated carbocycles. The van der Waals surface area contributed by atoms with Crippen LogP contribution in [0, 0.1) is 20.8 Å². The lowest BCUT2D eigenvalue weighted by Gasteiger charge is -2.39. The van der Waals surface area contributed by atoms with Crippen LogP contribution in [0.15, 0.2) is 87.5 Å². The molecule has 0 spiro atoms. The van der Waals surface area contributed by atoms with Gasteiger partial charge in [0.15, 0.2) is 12.4 Å². The van der Waals surface area contributed by atoms with E-state index in [0.717, 1.165) is 16.7 Å². The standard InChI is InChI=1S/C27H30O11S3/c1-18-5-11-21(12-6-18)39(28,29)36-24-17-35-27(34-4)26(38-41(32,33)23-15-9-20(3)10-16-23)25(24)37-40(30,31)22-13-7-19(2)8-14-22/h5-16,24-27H,17H2,1-4H3/t24-,25-,26-,27+/m1/s1. The van der Waals surface area contributed by atoms with E-state index in [4.69, 9.17) is 22.0 Å². The molecule has 4 rings (SSSR count). The summed E-state index contributed by atoms with van der Waals surface area (Å²) in [6, 6.07) is 17.2. The van der Waals surface area contributed by atoms with Gasteiger partial charge in [-0.1, -0.05) is 53.1 Å². The van der Waals surface area contributed by atoms with E-state index >= 15 is 0 Å². The fraction of sp³-hybridized carbons (Fsp3) is 0.333. The zero-order chi connectivity index (χ0) is 30.0. The van der Waals surface area contributed by atoms with E-state index in [1.165, 1.54) is 43.5 Å². The maximum atomic E-state index is 13.3. The second-order valence-corrected chi connectivity index (χ2v) is 14.2. The Hall–Kier alpha value is -2.69. The number of hydrogen-bond donors (Lipinski definition) is 0. The van der Waals surface area contributed by atoms with E-state index in [9.17, 15) is 25.3 Å². The lowest BCUT2D eigenvalue weighted by Crippen LogP contribution is -2.58. The molecule has 0 bridgehead atoms. The van der Waals surface area contributed by atoms with Gasteiger partial charge < -0.3 is 9.47 Å². The summed E-state index contributed by atoms with van der Waals surface area (Å²) in [5.74, 6) is 0.